The van der Waals surface area contributed by atoms with E-state index in [1.54, 1.807) is 13.0 Å². The molecular formula is C28H39N3O5. The molecule has 1 saturated heterocycles. The van der Waals surface area contributed by atoms with Gasteiger partial charge in [-0.15, -0.1) is 0 Å². The molecule has 2 atom stereocenters. The predicted molar refractivity (Wildman–Crippen MR) is 138 cm³/mol. The maximum absolute atomic E-state index is 13.9. The van der Waals surface area contributed by atoms with Crippen LogP contribution in [-0.2, 0) is 14.4 Å². The number of hydrogen-bond donors (Lipinski definition) is 2. The van der Waals surface area contributed by atoms with Crippen LogP contribution in [0.4, 0.5) is 0 Å². The highest BCUT2D eigenvalue weighted by Crippen LogP contribution is 2.25. The number of benzene rings is 1. The number of furan rings is 1. The van der Waals surface area contributed by atoms with E-state index >= 15 is 0 Å². The normalized spacial score (nSPS) is 17.3. The molecule has 1 aliphatic heterocycles. The summed E-state index contributed by atoms with van der Waals surface area (Å²) in [6.45, 7) is 10.5. The second-order valence-electron chi connectivity index (χ2n) is 10.5. The van der Waals surface area contributed by atoms with Crippen molar-refractivity contribution in [1.29, 1.82) is 0 Å². The van der Waals surface area contributed by atoms with Crippen LogP contribution in [0.1, 0.15) is 75.9 Å². The molecule has 3 rings (SSSR count). The molecule has 1 aromatic heterocycles. The van der Waals surface area contributed by atoms with E-state index in [2.05, 4.69) is 10.6 Å². The zero-order valence-electron chi connectivity index (χ0n) is 22.1. The maximum Gasteiger partial charge on any atom is 0.287 e. The van der Waals surface area contributed by atoms with Gasteiger partial charge in [-0.2, -0.15) is 0 Å². The lowest BCUT2D eigenvalue weighted by Crippen LogP contribution is -2.57. The highest BCUT2D eigenvalue weighted by Gasteiger charge is 2.39. The number of Topliss-reactive ketones (excluding diaryl/α,β-unsaturated/α-hetero) is 1. The van der Waals surface area contributed by atoms with E-state index in [1.165, 1.54) is 0 Å². The molecular weight excluding hydrogens is 458 g/mol. The Hall–Kier alpha value is -3.00. The Labute approximate surface area is 213 Å². The average molecular weight is 498 g/mol. The molecule has 1 aromatic carbocycles. The fraction of sp³-hybridized carbons (Fsp3) is 0.571. The van der Waals surface area contributed by atoms with Crippen molar-refractivity contribution in [3.05, 3.63) is 35.6 Å². The molecule has 36 heavy (non-hydrogen) atoms. The highest BCUT2D eigenvalue weighted by molar-refractivity contribution is 6.06. The van der Waals surface area contributed by atoms with Crippen LogP contribution in [0.25, 0.3) is 11.0 Å². The first-order valence-corrected chi connectivity index (χ1v) is 13.0. The number of hydrogen-bond acceptors (Lipinski definition) is 6. The molecule has 2 heterocycles. The lowest BCUT2D eigenvalue weighted by molar-refractivity contribution is -0.153. The summed E-state index contributed by atoms with van der Waals surface area (Å²) in [5.41, 5.74) is 1.28. The van der Waals surface area contributed by atoms with Gasteiger partial charge in [-0.25, -0.2) is 0 Å². The fourth-order valence-corrected chi connectivity index (χ4v) is 4.64. The van der Waals surface area contributed by atoms with Gasteiger partial charge in [0.2, 0.25) is 5.91 Å². The summed E-state index contributed by atoms with van der Waals surface area (Å²) in [6, 6.07) is 5.58. The van der Waals surface area contributed by atoms with Crippen LogP contribution in [0.5, 0.6) is 0 Å². The molecule has 8 heteroatoms. The number of nitrogens with one attached hydrogen (secondary N) is 2. The van der Waals surface area contributed by atoms with Crippen molar-refractivity contribution in [2.75, 3.05) is 13.1 Å². The molecule has 0 spiro atoms. The van der Waals surface area contributed by atoms with E-state index in [4.69, 9.17) is 4.42 Å². The molecule has 196 valence electrons. The first-order valence-electron chi connectivity index (χ1n) is 13.0. The van der Waals surface area contributed by atoms with E-state index in [1.807, 2.05) is 45.9 Å². The van der Waals surface area contributed by atoms with Crippen LogP contribution in [0.15, 0.2) is 28.7 Å². The second kappa shape index (κ2) is 12.3. The summed E-state index contributed by atoms with van der Waals surface area (Å²) < 4.78 is 5.80. The van der Waals surface area contributed by atoms with Gasteiger partial charge in [0.05, 0.1) is 12.6 Å². The summed E-state index contributed by atoms with van der Waals surface area (Å²) in [4.78, 5) is 54.7. The summed E-state index contributed by atoms with van der Waals surface area (Å²) in [6.07, 6.45) is 2.21. The monoisotopic (exact) mass is 497 g/mol. The first-order chi connectivity index (χ1) is 17.1. The van der Waals surface area contributed by atoms with Crippen molar-refractivity contribution in [2.45, 2.75) is 78.8 Å². The number of para-hydroxylation sites is 1. The van der Waals surface area contributed by atoms with E-state index in [9.17, 15) is 19.2 Å². The smallest absolute Gasteiger partial charge is 0.287 e. The zero-order valence-corrected chi connectivity index (χ0v) is 22.1. The minimum atomic E-state index is -0.961. The Morgan fingerprint density at radius 3 is 2.53 bits per heavy atom. The van der Waals surface area contributed by atoms with Gasteiger partial charge in [0.15, 0.2) is 11.5 Å². The molecule has 2 N–H and O–H groups in total. The van der Waals surface area contributed by atoms with Crippen molar-refractivity contribution in [3.63, 3.8) is 0 Å². The minimum absolute atomic E-state index is 0.0649. The summed E-state index contributed by atoms with van der Waals surface area (Å²) >= 11 is 0. The molecule has 1 unspecified atom stereocenters. The number of rotatable bonds is 9. The number of aryl methyl sites for hydroxylation is 1. The van der Waals surface area contributed by atoms with Crippen molar-refractivity contribution in [3.8, 4) is 0 Å². The van der Waals surface area contributed by atoms with Crippen LogP contribution in [0, 0.1) is 18.8 Å². The van der Waals surface area contributed by atoms with Crippen LogP contribution in [0.2, 0.25) is 0 Å². The standard InChI is InChI=1S/C28H39N3O5/c1-17(2)12-13-25(33)31(22-10-8-14-29-16-23(22)32)28(35)21(15-18(3)4)30-27(34)26-19(5)20-9-6-7-11-24(20)36-26/h6-7,9,11,17-18,21-22,29H,8,10,12-16H2,1-5H3,(H,30,34)/t21?,22-/m0/s1. The van der Waals surface area contributed by atoms with Crippen molar-refractivity contribution in [1.82, 2.24) is 15.5 Å². The van der Waals surface area contributed by atoms with E-state index in [0.717, 1.165) is 10.3 Å². The van der Waals surface area contributed by atoms with E-state index < -0.39 is 23.9 Å². The lowest BCUT2D eigenvalue weighted by Gasteiger charge is -2.32. The van der Waals surface area contributed by atoms with Crippen LogP contribution < -0.4 is 10.6 Å². The molecule has 0 aliphatic carbocycles. The topological polar surface area (TPSA) is 109 Å². The third-order valence-electron chi connectivity index (χ3n) is 6.62. The molecule has 3 amide bonds. The van der Waals surface area contributed by atoms with Gasteiger partial charge in [0.25, 0.3) is 11.8 Å². The van der Waals surface area contributed by atoms with Gasteiger partial charge in [-0.1, -0.05) is 45.9 Å². The number of ketones is 1. The minimum Gasteiger partial charge on any atom is -0.451 e. The molecule has 2 aromatic rings. The molecule has 0 bridgehead atoms. The number of carbonyl (C=O) groups excluding carboxylic acids is 4. The van der Waals surface area contributed by atoms with Gasteiger partial charge in [0.1, 0.15) is 11.6 Å². The van der Waals surface area contributed by atoms with Gasteiger partial charge < -0.3 is 15.1 Å². The molecule has 8 nitrogen and oxygen atoms in total. The largest absolute Gasteiger partial charge is 0.451 e. The summed E-state index contributed by atoms with van der Waals surface area (Å²) in [7, 11) is 0. The molecule has 0 radical (unpaired) electrons. The third-order valence-corrected chi connectivity index (χ3v) is 6.62. The highest BCUT2D eigenvalue weighted by atomic mass is 16.3. The van der Waals surface area contributed by atoms with Gasteiger partial charge >= 0.3 is 0 Å². The summed E-state index contributed by atoms with van der Waals surface area (Å²) in [5, 5.41) is 6.73. The van der Waals surface area contributed by atoms with Crippen molar-refractivity contribution < 1.29 is 23.6 Å². The zero-order chi connectivity index (χ0) is 26.4. The average Bonchev–Trinajstić information content (AvgIpc) is 3.02. The Morgan fingerprint density at radius 2 is 1.86 bits per heavy atom. The number of imide groups is 1. The van der Waals surface area contributed by atoms with Gasteiger partial charge in [-0.05, 0) is 57.1 Å². The number of fused-ring (bicyclic) bond motifs is 1. The molecule has 1 fully saturated rings. The van der Waals surface area contributed by atoms with E-state index in [0.29, 0.717) is 43.4 Å². The van der Waals surface area contributed by atoms with Crippen molar-refractivity contribution in [2.24, 2.45) is 11.8 Å². The molecule has 1 aliphatic rings. The Bertz CT molecular complexity index is 1100. The maximum atomic E-state index is 13.9. The third kappa shape index (κ3) is 6.60. The van der Waals surface area contributed by atoms with Gasteiger partial charge in [-0.3, -0.25) is 24.1 Å². The lowest BCUT2D eigenvalue weighted by atomic mass is 9.98. The fourth-order valence-electron chi connectivity index (χ4n) is 4.64. The Kier molecular flexibility index (Phi) is 9.43. The van der Waals surface area contributed by atoms with Crippen molar-refractivity contribution >= 4 is 34.5 Å². The SMILES string of the molecule is Cc1c(C(=O)NC(CC(C)C)C(=O)N(C(=O)CCC(C)C)[C@H]2CCCNCC2=O)oc2ccccc12. The Morgan fingerprint density at radius 1 is 1.14 bits per heavy atom. The number of amides is 3. The van der Waals surface area contributed by atoms with Crippen LogP contribution >= 0.6 is 0 Å². The quantitative estimate of drug-likeness (QED) is 0.542. The van der Waals surface area contributed by atoms with Crippen LogP contribution in [-0.4, -0.2) is 53.6 Å². The number of carbonyl (C=O) groups is 4. The second-order valence-corrected chi connectivity index (χ2v) is 10.5. The molecule has 0 saturated carbocycles. The number of nitrogens with zero attached hydrogens (tertiary/aromatic N) is 1. The summed E-state index contributed by atoms with van der Waals surface area (Å²) in [5.74, 6) is -1.09. The van der Waals surface area contributed by atoms with Gasteiger partial charge in [0, 0.05) is 17.4 Å². The van der Waals surface area contributed by atoms with Crippen LogP contribution in [0.3, 0.4) is 0 Å². The Balaban J connectivity index is 1.92. The van der Waals surface area contributed by atoms with E-state index in [-0.39, 0.29) is 42.3 Å². The first kappa shape index (κ1) is 27.6. The predicted octanol–water partition coefficient (Wildman–Crippen LogP) is 4.00.